The Balaban J connectivity index is 1.25. The maximum Gasteiger partial charge on any atom is 0.315 e. The monoisotopic (exact) mass is 509 g/mol. The van der Waals surface area contributed by atoms with Gasteiger partial charge >= 0.3 is 6.03 Å². The molecule has 0 aliphatic heterocycles. The third kappa shape index (κ3) is 4.84. The average molecular weight is 510 g/mol. The van der Waals surface area contributed by atoms with Crippen molar-refractivity contribution in [3.63, 3.8) is 0 Å². The Morgan fingerprint density at radius 1 is 0.972 bits per heavy atom. The van der Waals surface area contributed by atoms with E-state index in [1.807, 2.05) is 0 Å². The van der Waals surface area contributed by atoms with Gasteiger partial charge in [0.05, 0.1) is 41.2 Å². The van der Waals surface area contributed by atoms with E-state index in [9.17, 15) is 13.6 Å². The number of rotatable bonds is 6. The van der Waals surface area contributed by atoms with Gasteiger partial charge in [0.25, 0.3) is 0 Å². The summed E-state index contributed by atoms with van der Waals surface area (Å²) in [6, 6.07) is 9.83. The first kappa shape index (κ1) is 23.3. The van der Waals surface area contributed by atoms with E-state index in [-0.39, 0.29) is 23.9 Å². The van der Waals surface area contributed by atoms with Crippen molar-refractivity contribution >= 4 is 28.5 Å². The van der Waals surface area contributed by atoms with Gasteiger partial charge in [-0.15, -0.1) is 0 Å². The number of benzene rings is 2. The smallest absolute Gasteiger partial charge is 0.315 e. The van der Waals surface area contributed by atoms with Crippen LogP contribution in [0, 0.1) is 18.6 Å². The molecule has 0 atom stereocenters. The topological polar surface area (TPSA) is 115 Å². The van der Waals surface area contributed by atoms with Crippen LogP contribution >= 0.6 is 11.6 Å². The average Bonchev–Trinajstić information content (AvgIpc) is 3.49. The van der Waals surface area contributed by atoms with E-state index in [1.54, 1.807) is 31.3 Å². The molecule has 2 N–H and O–H groups in total. The number of carbonyl (C=O) groups excluding carboxylic acids is 1. The zero-order valence-electron chi connectivity index (χ0n) is 18.8. The Labute approximate surface area is 208 Å². The highest BCUT2D eigenvalue weighted by Crippen LogP contribution is 2.19. The molecule has 0 aliphatic carbocycles. The summed E-state index contributed by atoms with van der Waals surface area (Å²) in [5.41, 5.74) is 1.64. The molecule has 0 saturated carbocycles. The summed E-state index contributed by atoms with van der Waals surface area (Å²) in [5, 5.41) is 14.5. The number of nitrogens with zero attached hydrogens (tertiary/aromatic N) is 7. The molecule has 0 spiro atoms. The van der Waals surface area contributed by atoms with E-state index in [2.05, 4.69) is 35.8 Å². The molecule has 36 heavy (non-hydrogen) atoms. The van der Waals surface area contributed by atoms with Crippen LogP contribution in [-0.2, 0) is 13.1 Å². The lowest BCUT2D eigenvalue weighted by Crippen LogP contribution is -2.36. The lowest BCUT2D eigenvalue weighted by atomic mass is 10.2. The van der Waals surface area contributed by atoms with Crippen molar-refractivity contribution in [1.82, 2.24) is 45.1 Å². The number of aryl methyl sites for hydroxylation is 1. The van der Waals surface area contributed by atoms with Crippen LogP contribution in [-0.4, -0.2) is 40.5 Å². The molecule has 0 fully saturated rings. The van der Waals surface area contributed by atoms with Gasteiger partial charge in [-0.25, -0.2) is 32.9 Å². The third-order valence-electron chi connectivity index (χ3n) is 5.23. The highest BCUT2D eigenvalue weighted by atomic mass is 35.5. The fourth-order valence-electron chi connectivity index (χ4n) is 3.59. The Kier molecular flexibility index (Phi) is 6.25. The number of hydrogen-bond donors (Lipinski definition) is 2. The number of pyridine rings is 1. The number of urea groups is 1. The van der Waals surface area contributed by atoms with Crippen LogP contribution in [0.15, 0.2) is 55.0 Å². The molecular weight excluding hydrogens is 492 g/mol. The van der Waals surface area contributed by atoms with Gasteiger partial charge in [0.1, 0.15) is 23.8 Å². The van der Waals surface area contributed by atoms with Crippen molar-refractivity contribution < 1.29 is 13.6 Å². The molecule has 3 heterocycles. The second-order valence-electron chi connectivity index (χ2n) is 7.74. The van der Waals surface area contributed by atoms with Crippen LogP contribution in [0.4, 0.5) is 13.6 Å². The van der Waals surface area contributed by atoms with Crippen LogP contribution in [0.2, 0.25) is 5.02 Å². The van der Waals surface area contributed by atoms with Gasteiger partial charge in [-0.2, -0.15) is 10.2 Å². The summed E-state index contributed by atoms with van der Waals surface area (Å²) < 4.78 is 30.4. The van der Waals surface area contributed by atoms with Crippen LogP contribution in [0.5, 0.6) is 0 Å². The van der Waals surface area contributed by atoms with Gasteiger partial charge < -0.3 is 10.6 Å². The second-order valence-corrected chi connectivity index (χ2v) is 8.15. The first-order valence-corrected chi connectivity index (χ1v) is 11.1. The molecule has 0 radical (unpaired) electrons. The van der Waals surface area contributed by atoms with E-state index in [0.717, 1.165) is 0 Å². The second kappa shape index (κ2) is 9.66. The fourth-order valence-corrected chi connectivity index (χ4v) is 3.70. The zero-order valence-corrected chi connectivity index (χ0v) is 19.5. The molecule has 3 aromatic heterocycles. The van der Waals surface area contributed by atoms with Gasteiger partial charge in [-0.3, -0.25) is 4.98 Å². The summed E-state index contributed by atoms with van der Waals surface area (Å²) >= 11 is 5.76. The third-order valence-corrected chi connectivity index (χ3v) is 5.54. The molecule has 13 heteroatoms. The van der Waals surface area contributed by atoms with Gasteiger partial charge in [0.15, 0.2) is 11.6 Å². The maximum atomic E-state index is 13.9. The summed E-state index contributed by atoms with van der Waals surface area (Å²) in [6.07, 6.45) is 2.94. The van der Waals surface area contributed by atoms with Gasteiger partial charge in [0.2, 0.25) is 0 Å². The minimum atomic E-state index is -0.588. The first-order valence-electron chi connectivity index (χ1n) is 10.7. The summed E-state index contributed by atoms with van der Waals surface area (Å²) in [4.78, 5) is 25.3. The molecule has 0 unspecified atom stereocenters. The van der Waals surface area contributed by atoms with E-state index in [1.165, 1.54) is 40.0 Å². The molecule has 5 rings (SSSR count). The minimum Gasteiger partial charge on any atom is -0.331 e. The van der Waals surface area contributed by atoms with Crippen LogP contribution in [0.25, 0.3) is 22.3 Å². The number of nitrogens with one attached hydrogen (secondary N) is 2. The minimum absolute atomic E-state index is 0.00544. The SMILES string of the molecule is Cc1nc(CNC(=O)NCc2ncnn2-c2cnc3ccc(F)cc3c2)n(-c2ccc(Cl)c(F)c2)n1. The van der Waals surface area contributed by atoms with Crippen LogP contribution in [0.1, 0.15) is 17.5 Å². The molecule has 2 aromatic carbocycles. The lowest BCUT2D eigenvalue weighted by molar-refractivity contribution is 0.239. The Morgan fingerprint density at radius 2 is 1.78 bits per heavy atom. The summed E-state index contributed by atoms with van der Waals surface area (Å²) in [6.45, 7) is 1.78. The van der Waals surface area contributed by atoms with Gasteiger partial charge in [-0.05, 0) is 43.3 Å². The molecule has 10 nitrogen and oxygen atoms in total. The summed E-state index contributed by atoms with van der Waals surface area (Å²) in [7, 11) is 0. The predicted molar refractivity (Wildman–Crippen MR) is 127 cm³/mol. The maximum absolute atomic E-state index is 13.9. The first-order chi connectivity index (χ1) is 17.4. The molecule has 2 amide bonds. The van der Waals surface area contributed by atoms with Crippen molar-refractivity contribution in [3.8, 4) is 11.4 Å². The molecule has 0 bridgehead atoms. The van der Waals surface area contributed by atoms with E-state index < -0.39 is 11.8 Å². The zero-order chi connectivity index (χ0) is 25.2. The fraction of sp³-hybridized carbons (Fsp3) is 0.130. The lowest BCUT2D eigenvalue weighted by Gasteiger charge is -2.10. The normalized spacial score (nSPS) is 11.1. The largest absolute Gasteiger partial charge is 0.331 e. The van der Waals surface area contributed by atoms with Gasteiger partial charge in [0, 0.05) is 11.5 Å². The van der Waals surface area contributed by atoms with Gasteiger partial charge in [-0.1, -0.05) is 11.6 Å². The highest BCUT2D eigenvalue weighted by molar-refractivity contribution is 6.30. The van der Waals surface area contributed by atoms with Crippen molar-refractivity contribution in [2.75, 3.05) is 0 Å². The number of amides is 2. The van der Waals surface area contributed by atoms with E-state index in [0.29, 0.717) is 39.8 Å². The molecular formula is C23H18ClF2N9O. The molecule has 5 aromatic rings. The number of hydrogen-bond acceptors (Lipinski definition) is 6. The van der Waals surface area contributed by atoms with Crippen molar-refractivity contribution in [2.24, 2.45) is 0 Å². The summed E-state index contributed by atoms with van der Waals surface area (Å²) in [5.74, 6) is 0.348. The number of carbonyl (C=O) groups is 1. The van der Waals surface area contributed by atoms with Crippen molar-refractivity contribution in [2.45, 2.75) is 20.0 Å². The highest BCUT2D eigenvalue weighted by Gasteiger charge is 2.14. The standard InChI is InChI=1S/C23H18ClF2N9O/c1-13-32-22(35(33-13)16-3-4-18(24)19(26)8-16)11-29-23(36)28-10-21-30-12-31-34(21)17-7-14-6-15(25)2-5-20(14)27-9-17/h2-9,12H,10-11H2,1H3,(H2,28,29,36). The Bertz CT molecular complexity index is 1580. The van der Waals surface area contributed by atoms with Crippen molar-refractivity contribution in [1.29, 1.82) is 0 Å². The number of fused-ring (bicyclic) bond motifs is 1. The van der Waals surface area contributed by atoms with Crippen LogP contribution in [0.3, 0.4) is 0 Å². The Hall–Kier alpha value is -4.45. The number of halogens is 3. The van der Waals surface area contributed by atoms with E-state index >= 15 is 0 Å². The number of aromatic nitrogens is 7. The molecule has 182 valence electrons. The molecule has 0 aliphatic rings. The molecule has 0 saturated heterocycles. The van der Waals surface area contributed by atoms with Crippen LogP contribution < -0.4 is 10.6 Å². The van der Waals surface area contributed by atoms with Crippen molar-refractivity contribution in [3.05, 3.63) is 89.1 Å². The predicted octanol–water partition coefficient (Wildman–Crippen LogP) is 3.64. The quantitative estimate of drug-likeness (QED) is 0.361. The van der Waals surface area contributed by atoms with E-state index in [4.69, 9.17) is 11.6 Å². The Morgan fingerprint density at radius 3 is 2.58 bits per heavy atom.